The van der Waals surface area contributed by atoms with Crippen LogP contribution in [0.3, 0.4) is 0 Å². The summed E-state index contributed by atoms with van der Waals surface area (Å²) in [6.45, 7) is 0. The molecule has 0 unspecified atom stereocenters. The van der Waals surface area contributed by atoms with E-state index in [-0.39, 0.29) is 5.54 Å². The minimum Gasteiger partial charge on any atom is -0.246 e. The smallest absolute Gasteiger partial charge is 0.113 e. The van der Waals surface area contributed by atoms with Crippen LogP contribution in [0.4, 0.5) is 0 Å². The van der Waals surface area contributed by atoms with Crippen LogP contribution in [0.5, 0.6) is 0 Å². The summed E-state index contributed by atoms with van der Waals surface area (Å²) in [4.78, 5) is 0. The first-order valence-electron chi connectivity index (χ1n) is 8.12. The van der Waals surface area contributed by atoms with Gasteiger partial charge in [-0.1, -0.05) is 17.3 Å². The van der Waals surface area contributed by atoms with Crippen LogP contribution in [0.25, 0.3) is 11.3 Å². The van der Waals surface area contributed by atoms with E-state index in [0.29, 0.717) is 0 Å². The molecule has 4 saturated carbocycles. The normalized spacial score (nSPS) is 36.7. The molecule has 3 nitrogen and oxygen atoms in total. The summed E-state index contributed by atoms with van der Waals surface area (Å²) in [7, 11) is 0. The van der Waals surface area contributed by atoms with Crippen molar-refractivity contribution < 1.29 is 0 Å². The molecule has 2 aromatic rings. The molecule has 1 aromatic heterocycles. The Morgan fingerprint density at radius 1 is 1.05 bits per heavy atom. The minimum atomic E-state index is 0.268. The summed E-state index contributed by atoms with van der Waals surface area (Å²) in [6.07, 6.45) is 10.5. The van der Waals surface area contributed by atoms with Gasteiger partial charge in [0, 0.05) is 5.56 Å². The fraction of sp³-hybridized carbons (Fsp3) is 0.556. The highest BCUT2D eigenvalue weighted by atomic mass is 15.5. The third kappa shape index (κ3) is 1.75. The predicted molar refractivity (Wildman–Crippen MR) is 79.3 cm³/mol. The molecule has 4 aliphatic carbocycles. The van der Waals surface area contributed by atoms with Crippen LogP contribution in [0.15, 0.2) is 24.4 Å². The first-order chi connectivity index (χ1) is 10.3. The third-order valence-corrected chi connectivity index (χ3v) is 5.94. The largest absolute Gasteiger partial charge is 0.246 e. The number of hydrogen-bond donors (Lipinski definition) is 0. The average molecular weight is 277 g/mol. The van der Waals surface area contributed by atoms with Crippen molar-refractivity contribution in [2.24, 2.45) is 17.8 Å². The van der Waals surface area contributed by atoms with Gasteiger partial charge in [0.2, 0.25) is 0 Å². The minimum absolute atomic E-state index is 0.268. The molecule has 0 N–H and O–H groups in total. The Labute approximate surface area is 125 Å². The highest BCUT2D eigenvalue weighted by molar-refractivity contribution is 5.56. The van der Waals surface area contributed by atoms with E-state index in [4.69, 9.17) is 0 Å². The zero-order valence-electron chi connectivity index (χ0n) is 12.1. The maximum Gasteiger partial charge on any atom is 0.113 e. The summed E-state index contributed by atoms with van der Waals surface area (Å²) in [6, 6.07) is 11.8. The molecule has 0 aliphatic heterocycles. The number of hydrogen-bond acceptors (Lipinski definition) is 2. The van der Waals surface area contributed by atoms with Crippen LogP contribution >= 0.6 is 0 Å². The fourth-order valence-corrected chi connectivity index (χ4v) is 5.48. The van der Waals surface area contributed by atoms with Gasteiger partial charge in [0.15, 0.2) is 0 Å². The summed E-state index contributed by atoms with van der Waals surface area (Å²) in [5.74, 6) is 2.80. The van der Waals surface area contributed by atoms with E-state index in [2.05, 4.69) is 33.3 Å². The van der Waals surface area contributed by atoms with E-state index >= 15 is 0 Å². The molecule has 1 heterocycles. The van der Waals surface area contributed by atoms with Crippen molar-refractivity contribution in [1.82, 2.24) is 15.0 Å². The van der Waals surface area contributed by atoms with E-state index < -0.39 is 0 Å². The van der Waals surface area contributed by atoms with Gasteiger partial charge in [-0.2, -0.15) is 0 Å². The maximum atomic E-state index is 4.53. The Kier molecular flexibility index (Phi) is 2.30. The van der Waals surface area contributed by atoms with Gasteiger partial charge in [0.05, 0.1) is 11.7 Å². The quantitative estimate of drug-likeness (QED) is 0.841. The number of aromatic nitrogens is 3. The number of rotatable bonds is 2. The molecule has 106 valence electrons. The molecule has 6 rings (SSSR count). The summed E-state index contributed by atoms with van der Waals surface area (Å²) in [5.41, 5.74) is 2.32. The van der Waals surface area contributed by atoms with Gasteiger partial charge >= 0.3 is 0 Å². The molecular formula is C18H19N3. The molecule has 0 amide bonds. The molecular weight excluding hydrogens is 258 g/mol. The lowest BCUT2D eigenvalue weighted by atomic mass is 9.53. The molecule has 0 radical (unpaired) electrons. The molecule has 1 aromatic carbocycles. The Hall–Kier alpha value is -1.82. The second kappa shape index (κ2) is 4.10. The summed E-state index contributed by atoms with van der Waals surface area (Å²) in [5, 5.41) is 8.95. The van der Waals surface area contributed by atoms with Crippen molar-refractivity contribution in [2.45, 2.75) is 44.1 Å². The van der Waals surface area contributed by atoms with Crippen LogP contribution < -0.4 is 0 Å². The van der Waals surface area contributed by atoms with Crippen LogP contribution in [-0.4, -0.2) is 15.0 Å². The van der Waals surface area contributed by atoms with Gasteiger partial charge in [-0.3, -0.25) is 0 Å². The maximum absolute atomic E-state index is 4.53. The standard InChI is InChI=1S/C18H19N3/c1-2-4-16(5-3-1)17-12-21(20-19-17)18-9-13-6-14(10-18)8-15(7-13)11-18/h2,4-5,12-15H,6-11H2. The second-order valence-electron chi connectivity index (χ2n) is 7.41. The highest BCUT2D eigenvalue weighted by Crippen LogP contribution is 2.58. The van der Waals surface area contributed by atoms with Gasteiger partial charge in [-0.25, -0.2) is 4.68 Å². The van der Waals surface area contributed by atoms with Crippen LogP contribution in [0, 0.1) is 29.9 Å². The van der Waals surface area contributed by atoms with Gasteiger partial charge in [-0.15, -0.1) is 5.10 Å². The molecule has 4 bridgehead atoms. The van der Waals surface area contributed by atoms with Crippen molar-refractivity contribution >= 4 is 0 Å². The van der Waals surface area contributed by atoms with Crippen LogP contribution in [0.2, 0.25) is 0 Å². The second-order valence-corrected chi connectivity index (χ2v) is 7.41. The number of nitrogens with zero attached hydrogens (tertiary/aromatic N) is 3. The SMILES string of the molecule is c1ccc(-c2cn(C34CC5CC(CC(C5)C3)C4)nn2)cc#1. The van der Waals surface area contributed by atoms with E-state index in [1.807, 2.05) is 18.2 Å². The monoisotopic (exact) mass is 277 g/mol. The molecule has 0 atom stereocenters. The third-order valence-electron chi connectivity index (χ3n) is 5.94. The van der Waals surface area contributed by atoms with Crippen molar-refractivity contribution in [3.63, 3.8) is 0 Å². The van der Waals surface area contributed by atoms with Crippen LogP contribution in [-0.2, 0) is 5.54 Å². The first-order valence-corrected chi connectivity index (χ1v) is 8.12. The van der Waals surface area contributed by atoms with Crippen molar-refractivity contribution in [3.05, 3.63) is 36.5 Å². The molecule has 0 saturated heterocycles. The van der Waals surface area contributed by atoms with Crippen molar-refractivity contribution in [1.29, 1.82) is 0 Å². The van der Waals surface area contributed by atoms with Gasteiger partial charge < -0.3 is 0 Å². The van der Waals surface area contributed by atoms with Crippen LogP contribution in [0.1, 0.15) is 38.5 Å². The highest BCUT2D eigenvalue weighted by Gasteiger charge is 2.52. The molecule has 0 spiro atoms. The Morgan fingerprint density at radius 3 is 2.38 bits per heavy atom. The summed E-state index contributed by atoms with van der Waals surface area (Å²) >= 11 is 0. The van der Waals surface area contributed by atoms with Gasteiger partial charge in [0.25, 0.3) is 0 Å². The lowest BCUT2D eigenvalue weighted by Gasteiger charge is -2.56. The zero-order chi connectivity index (χ0) is 13.9. The van der Waals surface area contributed by atoms with E-state index in [1.165, 1.54) is 38.5 Å². The first kappa shape index (κ1) is 11.8. The predicted octanol–water partition coefficient (Wildman–Crippen LogP) is 3.47. The zero-order valence-corrected chi connectivity index (χ0v) is 12.1. The Bertz CT molecular complexity index is 623. The van der Waals surface area contributed by atoms with Gasteiger partial charge in [0.1, 0.15) is 5.69 Å². The Balaban J connectivity index is 1.52. The Morgan fingerprint density at radius 2 is 1.76 bits per heavy atom. The molecule has 3 heteroatoms. The van der Waals surface area contributed by atoms with Gasteiger partial charge in [-0.05, 0) is 74.5 Å². The fourth-order valence-electron chi connectivity index (χ4n) is 5.48. The average Bonchev–Trinajstić information content (AvgIpc) is 2.97. The lowest BCUT2D eigenvalue weighted by molar-refractivity contribution is -0.0502. The van der Waals surface area contributed by atoms with Crippen molar-refractivity contribution in [3.8, 4) is 11.3 Å². The summed E-state index contributed by atoms with van der Waals surface area (Å²) < 4.78 is 2.21. The lowest BCUT2D eigenvalue weighted by Crippen LogP contribution is -2.52. The van der Waals surface area contributed by atoms with E-state index in [0.717, 1.165) is 29.0 Å². The molecule has 4 fully saturated rings. The van der Waals surface area contributed by atoms with Crippen molar-refractivity contribution in [2.75, 3.05) is 0 Å². The molecule has 4 aliphatic rings. The topological polar surface area (TPSA) is 30.7 Å². The van der Waals surface area contributed by atoms with E-state index in [1.54, 1.807) is 0 Å². The van der Waals surface area contributed by atoms with E-state index in [9.17, 15) is 0 Å². The molecule has 21 heavy (non-hydrogen) atoms.